The smallest absolute Gasteiger partial charge is 0.266 e. The Labute approximate surface area is 175 Å². The van der Waals surface area contributed by atoms with Gasteiger partial charge in [0, 0.05) is 11.3 Å². The second kappa shape index (κ2) is 7.59. The van der Waals surface area contributed by atoms with Crippen LogP contribution in [-0.2, 0) is 0 Å². The summed E-state index contributed by atoms with van der Waals surface area (Å²) in [4.78, 5) is 39.2. The summed E-state index contributed by atoms with van der Waals surface area (Å²) in [5, 5.41) is 3.01. The summed E-state index contributed by atoms with van der Waals surface area (Å²) < 4.78 is 0. The van der Waals surface area contributed by atoms with Crippen LogP contribution in [0.25, 0.3) is 0 Å². The molecule has 0 fully saturated rings. The minimum Gasteiger partial charge on any atom is -0.321 e. The summed E-state index contributed by atoms with van der Waals surface area (Å²) in [6.45, 7) is 6.13. The zero-order chi connectivity index (χ0) is 21.4. The lowest BCUT2D eigenvalue weighted by Crippen LogP contribution is -2.29. The van der Waals surface area contributed by atoms with E-state index < -0.39 is 0 Å². The van der Waals surface area contributed by atoms with E-state index in [1.807, 2.05) is 25.1 Å². The van der Waals surface area contributed by atoms with Crippen LogP contribution >= 0.6 is 0 Å². The molecule has 0 spiro atoms. The highest BCUT2D eigenvalue weighted by molar-refractivity contribution is 6.34. The largest absolute Gasteiger partial charge is 0.321 e. The first-order valence-corrected chi connectivity index (χ1v) is 9.87. The maximum Gasteiger partial charge on any atom is 0.266 e. The fourth-order valence-corrected chi connectivity index (χ4v) is 3.71. The molecule has 3 amide bonds. The van der Waals surface area contributed by atoms with Crippen LogP contribution in [0.2, 0.25) is 0 Å². The molecule has 3 aromatic carbocycles. The van der Waals surface area contributed by atoms with Crippen molar-refractivity contribution < 1.29 is 14.4 Å². The number of anilines is 2. The minimum absolute atomic E-state index is 0.236. The standard InChI is InChI=1S/C25H22N2O3/c1-15(2)19-10-6-7-16(3)22(19)26-23(28)17-11-13-18(14-12-17)27-24(29)20-8-4-5-9-21(20)25(27)30/h4-15H,1-3H3,(H,26,28). The molecule has 1 heterocycles. The van der Waals surface area contributed by atoms with Gasteiger partial charge in [-0.1, -0.05) is 44.2 Å². The van der Waals surface area contributed by atoms with Gasteiger partial charge in [0.15, 0.2) is 0 Å². The van der Waals surface area contributed by atoms with Crippen LogP contribution in [0.4, 0.5) is 11.4 Å². The highest BCUT2D eigenvalue weighted by Crippen LogP contribution is 2.30. The Kier molecular flexibility index (Phi) is 4.96. The average Bonchev–Trinajstić information content (AvgIpc) is 3.00. The third-order valence-electron chi connectivity index (χ3n) is 5.35. The number of nitrogens with zero attached hydrogens (tertiary/aromatic N) is 1. The maximum atomic E-state index is 12.8. The molecule has 150 valence electrons. The molecule has 3 aromatic rings. The van der Waals surface area contributed by atoms with E-state index in [0.29, 0.717) is 22.4 Å². The van der Waals surface area contributed by atoms with E-state index in [0.717, 1.165) is 21.7 Å². The van der Waals surface area contributed by atoms with Crippen molar-refractivity contribution in [2.24, 2.45) is 0 Å². The van der Waals surface area contributed by atoms with Crippen molar-refractivity contribution in [2.45, 2.75) is 26.7 Å². The number of carbonyl (C=O) groups excluding carboxylic acids is 3. The molecule has 5 heteroatoms. The Morgan fingerprint density at radius 2 is 1.43 bits per heavy atom. The first-order valence-electron chi connectivity index (χ1n) is 9.87. The zero-order valence-corrected chi connectivity index (χ0v) is 17.1. The number of aryl methyl sites for hydroxylation is 1. The molecule has 0 bridgehead atoms. The van der Waals surface area contributed by atoms with Crippen molar-refractivity contribution in [3.63, 3.8) is 0 Å². The van der Waals surface area contributed by atoms with Crippen LogP contribution in [0.5, 0.6) is 0 Å². The van der Waals surface area contributed by atoms with E-state index in [9.17, 15) is 14.4 Å². The van der Waals surface area contributed by atoms with Crippen LogP contribution in [0.3, 0.4) is 0 Å². The van der Waals surface area contributed by atoms with Gasteiger partial charge < -0.3 is 5.32 Å². The SMILES string of the molecule is Cc1cccc(C(C)C)c1NC(=O)c1ccc(N2C(=O)c3ccccc3C2=O)cc1. The minimum atomic E-state index is -0.353. The average molecular weight is 398 g/mol. The Bertz CT molecular complexity index is 1130. The van der Waals surface area contributed by atoms with Crippen LogP contribution < -0.4 is 10.2 Å². The van der Waals surface area contributed by atoms with Crippen molar-refractivity contribution in [3.05, 3.63) is 94.5 Å². The predicted molar refractivity (Wildman–Crippen MR) is 117 cm³/mol. The van der Waals surface area contributed by atoms with Gasteiger partial charge in [-0.25, -0.2) is 4.90 Å². The van der Waals surface area contributed by atoms with Gasteiger partial charge in [0.1, 0.15) is 0 Å². The molecular formula is C25H22N2O3. The van der Waals surface area contributed by atoms with E-state index >= 15 is 0 Å². The number of benzene rings is 3. The fourth-order valence-electron chi connectivity index (χ4n) is 3.71. The number of nitrogens with one attached hydrogen (secondary N) is 1. The van der Waals surface area contributed by atoms with Gasteiger partial charge in [0.2, 0.25) is 0 Å². The Balaban J connectivity index is 1.58. The van der Waals surface area contributed by atoms with Crippen molar-refractivity contribution in [2.75, 3.05) is 10.2 Å². The molecule has 0 aromatic heterocycles. The molecule has 0 radical (unpaired) electrons. The van der Waals surface area contributed by atoms with E-state index in [4.69, 9.17) is 0 Å². The van der Waals surface area contributed by atoms with Crippen LogP contribution in [0.15, 0.2) is 66.7 Å². The Morgan fingerprint density at radius 3 is 2.00 bits per heavy atom. The lowest BCUT2D eigenvalue weighted by Gasteiger charge is -2.17. The normalized spacial score (nSPS) is 13.0. The first kappa shape index (κ1) is 19.6. The molecule has 1 aliphatic rings. The van der Waals surface area contributed by atoms with Crippen LogP contribution in [0.1, 0.15) is 62.0 Å². The summed E-state index contributed by atoms with van der Waals surface area (Å²) in [7, 11) is 0. The van der Waals surface area contributed by atoms with Gasteiger partial charge in [0.25, 0.3) is 17.7 Å². The molecule has 0 saturated carbocycles. The van der Waals surface area contributed by atoms with E-state index in [1.165, 1.54) is 0 Å². The monoisotopic (exact) mass is 398 g/mol. The molecule has 0 aliphatic carbocycles. The maximum absolute atomic E-state index is 12.8. The van der Waals surface area contributed by atoms with Gasteiger partial charge in [-0.2, -0.15) is 0 Å². The Hall–Kier alpha value is -3.73. The van der Waals surface area contributed by atoms with Crippen LogP contribution in [0, 0.1) is 6.92 Å². The number of fused-ring (bicyclic) bond motifs is 1. The van der Waals surface area contributed by atoms with Crippen molar-refractivity contribution >= 4 is 29.1 Å². The van der Waals surface area contributed by atoms with Gasteiger partial charge in [-0.05, 0) is 60.4 Å². The molecule has 1 N–H and O–H groups in total. The van der Waals surface area contributed by atoms with Crippen molar-refractivity contribution in [1.82, 2.24) is 0 Å². The van der Waals surface area contributed by atoms with Crippen molar-refractivity contribution in [3.8, 4) is 0 Å². The van der Waals surface area contributed by atoms with Crippen LogP contribution in [-0.4, -0.2) is 17.7 Å². The van der Waals surface area contributed by atoms with Crippen molar-refractivity contribution in [1.29, 1.82) is 0 Å². The first-order chi connectivity index (χ1) is 14.4. The lowest BCUT2D eigenvalue weighted by molar-refractivity contribution is 0.0925. The van der Waals surface area contributed by atoms with E-state index in [1.54, 1.807) is 48.5 Å². The number of amides is 3. The molecule has 0 unspecified atom stereocenters. The van der Waals surface area contributed by atoms with Gasteiger partial charge >= 0.3 is 0 Å². The second-order valence-electron chi connectivity index (χ2n) is 7.69. The molecule has 0 atom stereocenters. The zero-order valence-electron chi connectivity index (χ0n) is 17.1. The number of rotatable bonds is 4. The van der Waals surface area contributed by atoms with Gasteiger partial charge in [-0.15, -0.1) is 0 Å². The lowest BCUT2D eigenvalue weighted by atomic mass is 9.98. The number of carbonyl (C=O) groups is 3. The van der Waals surface area contributed by atoms with E-state index in [2.05, 4.69) is 19.2 Å². The summed E-state index contributed by atoms with van der Waals surface area (Å²) in [5.74, 6) is -0.667. The third-order valence-corrected chi connectivity index (χ3v) is 5.35. The van der Waals surface area contributed by atoms with Gasteiger partial charge in [0.05, 0.1) is 16.8 Å². The Morgan fingerprint density at radius 1 is 0.833 bits per heavy atom. The fraction of sp³-hybridized carbons (Fsp3) is 0.160. The summed E-state index contributed by atoms with van der Waals surface area (Å²) in [5.41, 5.74) is 4.57. The summed E-state index contributed by atoms with van der Waals surface area (Å²) in [6, 6.07) is 19.2. The molecule has 0 saturated heterocycles. The topological polar surface area (TPSA) is 66.5 Å². The van der Waals surface area contributed by atoms with E-state index in [-0.39, 0.29) is 23.6 Å². The molecule has 5 nitrogen and oxygen atoms in total. The predicted octanol–water partition coefficient (Wildman–Crippen LogP) is 5.17. The number of para-hydroxylation sites is 1. The number of imide groups is 1. The number of hydrogen-bond acceptors (Lipinski definition) is 3. The highest BCUT2D eigenvalue weighted by Gasteiger charge is 2.36. The third kappa shape index (κ3) is 3.28. The number of hydrogen-bond donors (Lipinski definition) is 1. The highest BCUT2D eigenvalue weighted by atomic mass is 16.2. The molecule has 1 aliphatic heterocycles. The molecule has 4 rings (SSSR count). The second-order valence-corrected chi connectivity index (χ2v) is 7.69. The van der Waals surface area contributed by atoms with Gasteiger partial charge in [-0.3, -0.25) is 14.4 Å². The molecular weight excluding hydrogens is 376 g/mol. The summed E-state index contributed by atoms with van der Waals surface area (Å²) in [6.07, 6.45) is 0. The molecule has 30 heavy (non-hydrogen) atoms. The quantitative estimate of drug-likeness (QED) is 0.617. The summed E-state index contributed by atoms with van der Waals surface area (Å²) >= 11 is 0.